The minimum absolute atomic E-state index is 0.0145. The van der Waals surface area contributed by atoms with Crippen molar-refractivity contribution in [2.45, 2.75) is 102 Å². The molecule has 3 fully saturated rings. The fraction of sp³-hybridized carbons (Fsp3) is 0.621. The van der Waals surface area contributed by atoms with Gasteiger partial charge in [0.1, 0.15) is 11.3 Å². The average Bonchev–Trinajstić information content (AvgIpc) is 3.11. The van der Waals surface area contributed by atoms with E-state index in [2.05, 4.69) is 18.7 Å². The first-order valence-corrected chi connectivity index (χ1v) is 13.5. The number of carboxylic acids is 1. The predicted octanol–water partition coefficient (Wildman–Crippen LogP) is 7.59. The highest BCUT2D eigenvalue weighted by atomic mass is 19.4. The lowest BCUT2D eigenvalue weighted by Crippen LogP contribution is -2.45. The van der Waals surface area contributed by atoms with Gasteiger partial charge in [0.25, 0.3) is 0 Å². The highest BCUT2D eigenvalue weighted by molar-refractivity contribution is 5.89. The molecular formula is C29H36F3NO3. The van der Waals surface area contributed by atoms with E-state index in [1.807, 2.05) is 6.07 Å². The van der Waals surface area contributed by atoms with E-state index in [0.29, 0.717) is 24.1 Å². The Morgan fingerprint density at radius 1 is 1.06 bits per heavy atom. The number of alkyl halides is 3. The molecule has 1 aliphatic carbocycles. The third-order valence-corrected chi connectivity index (χ3v) is 9.02. The maximum Gasteiger partial charge on any atom is 0.420 e. The Balaban J connectivity index is 1.41. The summed E-state index contributed by atoms with van der Waals surface area (Å²) in [5.74, 6) is -0.438. The summed E-state index contributed by atoms with van der Waals surface area (Å²) in [6.45, 7) is 4.25. The SMILES string of the molecule is CCC1CCC(Oc2ccc3cc(C(C)N4C5CCC4CC(C(=O)O)C5)ccc3c2C(F)(F)F)CC1. The lowest BCUT2D eigenvalue weighted by atomic mass is 9.86. The number of carbonyl (C=O) groups is 1. The van der Waals surface area contributed by atoms with Gasteiger partial charge in [-0.05, 0) is 92.7 Å². The van der Waals surface area contributed by atoms with Crippen LogP contribution in [0.1, 0.15) is 88.8 Å². The van der Waals surface area contributed by atoms with Gasteiger partial charge >= 0.3 is 12.1 Å². The summed E-state index contributed by atoms with van der Waals surface area (Å²) in [6.07, 6.45) is 3.26. The molecule has 2 aliphatic heterocycles. The van der Waals surface area contributed by atoms with Crippen LogP contribution < -0.4 is 4.74 Å². The standard InChI is InChI=1S/C29H36F3NO3/c1-3-18-4-10-24(11-5-18)36-26-13-7-20-14-19(6-12-25(20)27(26)29(30,31)32)17(2)33-22-8-9-23(33)16-21(15-22)28(34)35/h6-7,12-14,17-18,21-24H,3-5,8-11,15-16H2,1-2H3,(H,34,35). The molecule has 5 rings (SSSR count). The Morgan fingerprint density at radius 2 is 1.72 bits per heavy atom. The Hall–Kier alpha value is -2.28. The molecule has 36 heavy (non-hydrogen) atoms. The number of hydrogen-bond donors (Lipinski definition) is 1. The number of rotatable bonds is 6. The molecule has 2 saturated heterocycles. The van der Waals surface area contributed by atoms with Gasteiger partial charge in [-0.1, -0.05) is 31.5 Å². The zero-order chi connectivity index (χ0) is 25.6. The second kappa shape index (κ2) is 9.88. The number of piperidine rings is 1. The van der Waals surface area contributed by atoms with Crippen LogP contribution in [-0.2, 0) is 11.0 Å². The van der Waals surface area contributed by atoms with Crippen LogP contribution in [0.15, 0.2) is 30.3 Å². The molecule has 0 radical (unpaired) electrons. The van der Waals surface area contributed by atoms with Crippen LogP contribution in [0.4, 0.5) is 13.2 Å². The fourth-order valence-electron chi connectivity index (χ4n) is 7.04. The van der Waals surface area contributed by atoms with E-state index in [0.717, 1.165) is 50.5 Å². The zero-order valence-electron chi connectivity index (χ0n) is 21.1. The number of benzene rings is 2. The molecule has 3 unspecified atom stereocenters. The molecule has 3 atom stereocenters. The molecule has 196 valence electrons. The quantitative estimate of drug-likeness (QED) is 0.441. The number of carboxylic acid groups (broad SMARTS) is 1. The van der Waals surface area contributed by atoms with Crippen molar-refractivity contribution >= 4 is 16.7 Å². The van der Waals surface area contributed by atoms with Gasteiger partial charge in [0.2, 0.25) is 0 Å². The van der Waals surface area contributed by atoms with E-state index >= 15 is 0 Å². The third kappa shape index (κ3) is 4.83. The Morgan fingerprint density at radius 3 is 2.31 bits per heavy atom. The van der Waals surface area contributed by atoms with Gasteiger partial charge in [-0.15, -0.1) is 0 Å². The van der Waals surface area contributed by atoms with Gasteiger partial charge < -0.3 is 9.84 Å². The summed E-state index contributed by atoms with van der Waals surface area (Å²) in [5, 5.41) is 10.2. The summed E-state index contributed by atoms with van der Waals surface area (Å²) < 4.78 is 48.8. The second-order valence-corrected chi connectivity index (χ2v) is 11.1. The molecular weight excluding hydrogens is 467 g/mol. The van der Waals surface area contributed by atoms with E-state index in [4.69, 9.17) is 4.74 Å². The maximum atomic E-state index is 14.3. The molecule has 2 aromatic carbocycles. The number of fused-ring (bicyclic) bond motifs is 3. The smallest absolute Gasteiger partial charge is 0.420 e. The topological polar surface area (TPSA) is 49.8 Å². The minimum atomic E-state index is -4.51. The molecule has 7 heteroatoms. The molecule has 0 amide bonds. The molecule has 3 aliphatic rings. The van der Waals surface area contributed by atoms with Crippen molar-refractivity contribution in [1.82, 2.24) is 4.90 Å². The van der Waals surface area contributed by atoms with Crippen molar-refractivity contribution in [1.29, 1.82) is 0 Å². The average molecular weight is 504 g/mol. The normalized spacial score (nSPS) is 29.9. The zero-order valence-corrected chi connectivity index (χ0v) is 21.1. The van der Waals surface area contributed by atoms with Crippen molar-refractivity contribution in [3.05, 3.63) is 41.5 Å². The van der Waals surface area contributed by atoms with Crippen LogP contribution in [0, 0.1) is 11.8 Å². The second-order valence-electron chi connectivity index (χ2n) is 11.1. The monoisotopic (exact) mass is 503 g/mol. The molecule has 0 spiro atoms. The number of nitrogens with zero attached hydrogens (tertiary/aromatic N) is 1. The first-order valence-electron chi connectivity index (χ1n) is 13.5. The first-order chi connectivity index (χ1) is 17.2. The van der Waals surface area contributed by atoms with Crippen molar-refractivity contribution in [2.24, 2.45) is 11.8 Å². The molecule has 2 aromatic rings. The number of aliphatic carboxylic acids is 1. The van der Waals surface area contributed by atoms with Crippen LogP contribution in [0.2, 0.25) is 0 Å². The number of halogens is 3. The fourth-order valence-corrected chi connectivity index (χ4v) is 7.04. The largest absolute Gasteiger partial charge is 0.490 e. The van der Waals surface area contributed by atoms with Gasteiger partial charge in [-0.25, -0.2) is 0 Å². The van der Waals surface area contributed by atoms with E-state index in [1.54, 1.807) is 18.2 Å². The summed E-state index contributed by atoms with van der Waals surface area (Å²) in [4.78, 5) is 13.9. The van der Waals surface area contributed by atoms with Crippen molar-refractivity contribution in [3.8, 4) is 5.75 Å². The van der Waals surface area contributed by atoms with E-state index in [1.165, 1.54) is 6.07 Å². The number of ether oxygens (including phenoxy) is 1. The molecule has 2 bridgehead atoms. The van der Waals surface area contributed by atoms with E-state index in [-0.39, 0.29) is 41.3 Å². The third-order valence-electron chi connectivity index (χ3n) is 9.02. The summed E-state index contributed by atoms with van der Waals surface area (Å²) in [6, 6.07) is 8.94. The lowest BCUT2D eigenvalue weighted by Gasteiger charge is -2.41. The van der Waals surface area contributed by atoms with Crippen LogP contribution in [-0.4, -0.2) is 34.2 Å². The van der Waals surface area contributed by atoms with Gasteiger partial charge in [0.15, 0.2) is 0 Å². The van der Waals surface area contributed by atoms with Crippen LogP contribution in [0.5, 0.6) is 5.75 Å². The van der Waals surface area contributed by atoms with Crippen molar-refractivity contribution < 1.29 is 27.8 Å². The highest BCUT2D eigenvalue weighted by Crippen LogP contribution is 2.46. The highest BCUT2D eigenvalue weighted by Gasteiger charge is 2.45. The van der Waals surface area contributed by atoms with Gasteiger partial charge in [0.05, 0.1) is 12.0 Å². The molecule has 4 nitrogen and oxygen atoms in total. The number of hydrogen-bond acceptors (Lipinski definition) is 3. The molecule has 0 aromatic heterocycles. The Bertz CT molecular complexity index is 1090. The summed E-state index contributed by atoms with van der Waals surface area (Å²) in [5.41, 5.74) is 0.284. The van der Waals surface area contributed by atoms with E-state index in [9.17, 15) is 23.1 Å². The Kier molecular flexibility index (Phi) is 6.96. The Labute approximate surface area is 210 Å². The van der Waals surface area contributed by atoms with Crippen molar-refractivity contribution in [2.75, 3.05) is 0 Å². The van der Waals surface area contributed by atoms with Crippen molar-refractivity contribution in [3.63, 3.8) is 0 Å². The van der Waals surface area contributed by atoms with Gasteiger partial charge in [0, 0.05) is 18.1 Å². The van der Waals surface area contributed by atoms with Gasteiger partial charge in [-0.3, -0.25) is 9.69 Å². The first kappa shape index (κ1) is 25.4. The summed E-state index contributed by atoms with van der Waals surface area (Å²) in [7, 11) is 0. The van der Waals surface area contributed by atoms with Crippen LogP contribution >= 0.6 is 0 Å². The maximum absolute atomic E-state index is 14.3. The minimum Gasteiger partial charge on any atom is -0.490 e. The summed E-state index contributed by atoms with van der Waals surface area (Å²) >= 11 is 0. The lowest BCUT2D eigenvalue weighted by molar-refractivity contribution is -0.144. The molecule has 2 heterocycles. The van der Waals surface area contributed by atoms with E-state index < -0.39 is 17.7 Å². The van der Waals surface area contributed by atoms with Gasteiger partial charge in [-0.2, -0.15) is 13.2 Å². The van der Waals surface area contributed by atoms with Crippen LogP contribution in [0.3, 0.4) is 0 Å². The van der Waals surface area contributed by atoms with Crippen LogP contribution in [0.25, 0.3) is 10.8 Å². The predicted molar refractivity (Wildman–Crippen MR) is 133 cm³/mol. The molecule has 1 N–H and O–H groups in total. The molecule has 1 saturated carbocycles.